The fourth-order valence-corrected chi connectivity index (χ4v) is 2.84. The molecule has 1 heterocycles. The van der Waals surface area contributed by atoms with Gasteiger partial charge in [-0.2, -0.15) is 0 Å². The summed E-state index contributed by atoms with van der Waals surface area (Å²) >= 11 is 3.50. The van der Waals surface area contributed by atoms with E-state index in [-0.39, 0.29) is 6.10 Å². The van der Waals surface area contributed by atoms with Gasteiger partial charge >= 0.3 is 0 Å². The molecule has 1 amide bonds. The smallest absolute Gasteiger partial charge is 0.248 e. The number of nitrogens with zero attached hydrogens (tertiary/aromatic N) is 1. The van der Waals surface area contributed by atoms with Crippen molar-refractivity contribution in [1.82, 2.24) is 5.32 Å². The van der Waals surface area contributed by atoms with Gasteiger partial charge in [0.25, 0.3) is 0 Å². The number of hydrogen-bond acceptors (Lipinski definition) is 4. The van der Waals surface area contributed by atoms with Crippen LogP contribution in [-0.2, 0) is 4.74 Å². The first-order valence-corrected chi connectivity index (χ1v) is 7.01. The van der Waals surface area contributed by atoms with Crippen LogP contribution in [0.25, 0.3) is 0 Å². The van der Waals surface area contributed by atoms with Crippen LogP contribution in [0.3, 0.4) is 0 Å². The molecule has 1 aliphatic heterocycles. The van der Waals surface area contributed by atoms with Gasteiger partial charge in [-0.1, -0.05) is 0 Å². The number of morpholine rings is 1. The Morgan fingerprint density at radius 2 is 2.42 bits per heavy atom. The first-order valence-electron chi connectivity index (χ1n) is 6.22. The molecular weight excluding hydrogens is 310 g/mol. The summed E-state index contributed by atoms with van der Waals surface area (Å²) in [6.07, 6.45) is 0.182. The quantitative estimate of drug-likeness (QED) is 0.864. The lowest BCUT2D eigenvalue weighted by Crippen LogP contribution is -2.46. The second kappa shape index (κ2) is 6.36. The number of likely N-dealkylation sites (N-methyl/N-ethyl adjacent to an activating group) is 1. The molecule has 6 heteroatoms. The maximum absolute atomic E-state index is 11.1. The van der Waals surface area contributed by atoms with E-state index in [0.29, 0.717) is 12.2 Å². The summed E-state index contributed by atoms with van der Waals surface area (Å²) < 4.78 is 6.56. The zero-order valence-corrected chi connectivity index (χ0v) is 12.4. The predicted octanol–water partition coefficient (Wildman–Crippen LogP) is 0.973. The number of carbonyl (C=O) groups excluding carboxylic acids is 1. The molecule has 0 aromatic heterocycles. The number of carbonyl (C=O) groups is 1. The topological polar surface area (TPSA) is 67.6 Å². The Bertz CT molecular complexity index is 465. The number of hydrogen-bond donors (Lipinski definition) is 2. The fourth-order valence-electron chi connectivity index (χ4n) is 2.21. The third kappa shape index (κ3) is 3.46. The van der Waals surface area contributed by atoms with E-state index in [2.05, 4.69) is 26.1 Å². The minimum absolute atomic E-state index is 0.182. The van der Waals surface area contributed by atoms with Crippen LogP contribution in [0.1, 0.15) is 10.4 Å². The van der Waals surface area contributed by atoms with E-state index in [1.165, 1.54) is 0 Å². The van der Waals surface area contributed by atoms with Gasteiger partial charge in [-0.3, -0.25) is 4.79 Å². The van der Waals surface area contributed by atoms with Crippen molar-refractivity contribution in [2.75, 3.05) is 38.2 Å². The zero-order valence-electron chi connectivity index (χ0n) is 10.9. The molecule has 1 aromatic carbocycles. The Morgan fingerprint density at radius 3 is 3.05 bits per heavy atom. The van der Waals surface area contributed by atoms with Crippen LogP contribution >= 0.6 is 15.9 Å². The van der Waals surface area contributed by atoms with Crippen LogP contribution in [0.4, 0.5) is 5.69 Å². The van der Waals surface area contributed by atoms with Crippen molar-refractivity contribution in [3.8, 4) is 0 Å². The molecular formula is C13H18BrN3O2. The molecule has 5 nitrogen and oxygen atoms in total. The van der Waals surface area contributed by atoms with Crippen molar-refractivity contribution in [3.05, 3.63) is 28.2 Å². The van der Waals surface area contributed by atoms with Gasteiger partial charge in [0.2, 0.25) is 5.91 Å². The number of nitrogens with two attached hydrogens (primary N) is 1. The van der Waals surface area contributed by atoms with Crippen molar-refractivity contribution < 1.29 is 9.53 Å². The number of rotatable bonds is 4. The molecule has 3 N–H and O–H groups in total. The van der Waals surface area contributed by atoms with Crippen LogP contribution in [0.15, 0.2) is 22.7 Å². The first-order chi connectivity index (χ1) is 9.11. The Labute approximate surface area is 121 Å². The van der Waals surface area contributed by atoms with E-state index in [0.717, 1.165) is 29.8 Å². The Morgan fingerprint density at radius 1 is 1.63 bits per heavy atom. The number of nitrogens with one attached hydrogen (secondary N) is 1. The van der Waals surface area contributed by atoms with E-state index >= 15 is 0 Å². The number of ether oxygens (including phenoxy) is 1. The first kappa shape index (κ1) is 14.3. The van der Waals surface area contributed by atoms with E-state index in [1.807, 2.05) is 13.1 Å². The van der Waals surface area contributed by atoms with Gasteiger partial charge in [-0.05, 0) is 41.2 Å². The average molecular weight is 328 g/mol. The molecule has 104 valence electrons. The maximum Gasteiger partial charge on any atom is 0.248 e. The van der Waals surface area contributed by atoms with Crippen LogP contribution < -0.4 is 16.0 Å². The van der Waals surface area contributed by atoms with Gasteiger partial charge in [0, 0.05) is 29.7 Å². The normalized spacial score (nSPS) is 19.5. The predicted molar refractivity (Wildman–Crippen MR) is 78.5 cm³/mol. The van der Waals surface area contributed by atoms with Crippen LogP contribution in [0.5, 0.6) is 0 Å². The molecule has 0 spiro atoms. The molecule has 2 rings (SSSR count). The summed E-state index contributed by atoms with van der Waals surface area (Å²) in [7, 11) is 1.92. The highest BCUT2D eigenvalue weighted by Gasteiger charge is 2.21. The molecule has 19 heavy (non-hydrogen) atoms. The van der Waals surface area contributed by atoms with Gasteiger partial charge in [-0.25, -0.2) is 0 Å². The molecule has 0 bridgehead atoms. The van der Waals surface area contributed by atoms with Crippen molar-refractivity contribution in [1.29, 1.82) is 0 Å². The highest BCUT2D eigenvalue weighted by molar-refractivity contribution is 9.10. The van der Waals surface area contributed by atoms with Crippen LogP contribution in [0.2, 0.25) is 0 Å². The summed E-state index contributed by atoms with van der Waals surface area (Å²) in [6.45, 7) is 3.20. The molecule has 1 unspecified atom stereocenters. The Kier molecular flexibility index (Phi) is 4.79. The lowest BCUT2D eigenvalue weighted by Gasteiger charge is -2.35. The molecule has 0 radical (unpaired) electrons. The number of halogens is 1. The Hall–Kier alpha value is -1.11. The van der Waals surface area contributed by atoms with E-state index in [4.69, 9.17) is 10.5 Å². The largest absolute Gasteiger partial charge is 0.373 e. The zero-order chi connectivity index (χ0) is 13.8. The van der Waals surface area contributed by atoms with Crippen molar-refractivity contribution in [2.45, 2.75) is 6.10 Å². The highest BCUT2D eigenvalue weighted by Crippen LogP contribution is 2.28. The van der Waals surface area contributed by atoms with Gasteiger partial charge in [-0.15, -0.1) is 0 Å². The van der Waals surface area contributed by atoms with E-state index < -0.39 is 5.91 Å². The summed E-state index contributed by atoms with van der Waals surface area (Å²) in [5.74, 6) is -0.415. The van der Waals surface area contributed by atoms with Crippen molar-refractivity contribution >= 4 is 27.5 Å². The van der Waals surface area contributed by atoms with Crippen molar-refractivity contribution in [3.63, 3.8) is 0 Å². The summed E-state index contributed by atoms with van der Waals surface area (Å²) in [5.41, 5.74) is 6.85. The van der Waals surface area contributed by atoms with Gasteiger partial charge < -0.3 is 20.7 Å². The highest BCUT2D eigenvalue weighted by atomic mass is 79.9. The molecule has 1 atom stereocenters. The van der Waals surface area contributed by atoms with Crippen molar-refractivity contribution in [2.24, 2.45) is 5.73 Å². The molecule has 0 aliphatic carbocycles. The lowest BCUT2D eigenvalue weighted by atomic mass is 10.1. The Balaban J connectivity index is 2.15. The SMILES string of the molecule is CNCC1CN(c2ccc(C(N)=O)cc2Br)CCO1. The van der Waals surface area contributed by atoms with Gasteiger partial charge in [0.1, 0.15) is 0 Å². The van der Waals surface area contributed by atoms with Crippen LogP contribution in [0, 0.1) is 0 Å². The second-order valence-corrected chi connectivity index (χ2v) is 5.38. The maximum atomic E-state index is 11.1. The molecule has 1 aromatic rings. The van der Waals surface area contributed by atoms with Gasteiger partial charge in [0.05, 0.1) is 18.4 Å². The molecule has 1 fully saturated rings. The second-order valence-electron chi connectivity index (χ2n) is 4.53. The van der Waals surface area contributed by atoms with E-state index in [1.54, 1.807) is 12.1 Å². The third-order valence-electron chi connectivity index (χ3n) is 3.14. The van der Waals surface area contributed by atoms with Gasteiger partial charge in [0.15, 0.2) is 0 Å². The minimum Gasteiger partial charge on any atom is -0.373 e. The number of amides is 1. The summed E-state index contributed by atoms with van der Waals surface area (Å²) in [6, 6.07) is 5.44. The molecule has 1 aliphatic rings. The third-order valence-corrected chi connectivity index (χ3v) is 3.78. The van der Waals surface area contributed by atoms with E-state index in [9.17, 15) is 4.79 Å². The minimum atomic E-state index is -0.415. The lowest BCUT2D eigenvalue weighted by molar-refractivity contribution is 0.0421. The molecule has 1 saturated heterocycles. The fraction of sp³-hybridized carbons (Fsp3) is 0.462. The monoisotopic (exact) mass is 327 g/mol. The number of primary amides is 1. The summed E-state index contributed by atoms with van der Waals surface area (Å²) in [4.78, 5) is 13.4. The van der Waals surface area contributed by atoms with Crippen LogP contribution in [-0.4, -0.2) is 45.3 Å². The number of benzene rings is 1. The standard InChI is InChI=1S/C13H18BrN3O2/c1-16-7-10-8-17(4-5-19-10)12-3-2-9(13(15)18)6-11(12)14/h2-3,6,10,16H,4-5,7-8H2,1H3,(H2,15,18). The summed E-state index contributed by atoms with van der Waals surface area (Å²) in [5, 5.41) is 3.12. The average Bonchev–Trinajstić information content (AvgIpc) is 2.39. The number of anilines is 1. The molecule has 0 saturated carbocycles.